The predicted molar refractivity (Wildman–Crippen MR) is 83.8 cm³/mol. The van der Waals surface area contributed by atoms with E-state index in [0.717, 1.165) is 34.6 Å². The molecule has 2 heterocycles. The number of nitrogens with zero attached hydrogens (tertiary/aromatic N) is 2. The molecule has 3 nitrogen and oxygen atoms in total. The fourth-order valence-electron chi connectivity index (χ4n) is 2.56. The van der Waals surface area contributed by atoms with Gasteiger partial charge in [-0.2, -0.15) is 0 Å². The minimum Gasteiger partial charge on any atom is -0.338 e. The lowest BCUT2D eigenvalue weighted by molar-refractivity contribution is 0.0620. The molecular formula is C14H21BrN2OS. The van der Waals surface area contributed by atoms with Crippen LogP contribution in [0.3, 0.4) is 0 Å². The van der Waals surface area contributed by atoms with Gasteiger partial charge < -0.3 is 9.80 Å². The summed E-state index contributed by atoms with van der Waals surface area (Å²) < 4.78 is 1.01. The highest BCUT2D eigenvalue weighted by Gasteiger charge is 2.27. The zero-order valence-corrected chi connectivity index (χ0v) is 14.1. The first-order valence-electron chi connectivity index (χ1n) is 6.75. The van der Waals surface area contributed by atoms with Gasteiger partial charge in [0.15, 0.2) is 0 Å². The first kappa shape index (κ1) is 15.0. The summed E-state index contributed by atoms with van der Waals surface area (Å²) in [5, 5.41) is 0. The molecule has 19 heavy (non-hydrogen) atoms. The zero-order valence-electron chi connectivity index (χ0n) is 11.7. The molecule has 0 N–H and O–H groups in total. The largest absolute Gasteiger partial charge is 0.338 e. The van der Waals surface area contributed by atoms with Crippen LogP contribution in [0.25, 0.3) is 0 Å². The Labute approximate surface area is 127 Å². The average molecular weight is 345 g/mol. The molecule has 1 aliphatic rings. The average Bonchev–Trinajstić information content (AvgIpc) is 2.84. The van der Waals surface area contributed by atoms with Gasteiger partial charge in [0, 0.05) is 32.2 Å². The molecule has 0 bridgehead atoms. The Balaban J connectivity index is 1.94. The lowest BCUT2D eigenvalue weighted by Crippen LogP contribution is -2.47. The van der Waals surface area contributed by atoms with Crippen molar-refractivity contribution < 1.29 is 4.79 Å². The molecular weight excluding hydrogens is 324 g/mol. The molecule has 0 aromatic carbocycles. The van der Waals surface area contributed by atoms with Crippen LogP contribution in [0.15, 0.2) is 15.9 Å². The standard InChI is InChI=1S/C14H21BrN2OS/c1-10(2)17-8-6-11(7-9-17)16(3)14(18)12-4-5-13(15)19-12/h4-5,10-11H,6-9H2,1-3H3. The molecule has 0 radical (unpaired) electrons. The molecule has 2 rings (SSSR count). The van der Waals surface area contributed by atoms with E-state index in [9.17, 15) is 4.79 Å². The number of piperidine rings is 1. The monoisotopic (exact) mass is 344 g/mol. The van der Waals surface area contributed by atoms with E-state index < -0.39 is 0 Å². The van der Waals surface area contributed by atoms with Crippen LogP contribution >= 0.6 is 27.3 Å². The third-order valence-electron chi connectivity index (χ3n) is 3.88. The highest BCUT2D eigenvalue weighted by atomic mass is 79.9. The second-order valence-electron chi connectivity index (χ2n) is 5.38. The van der Waals surface area contributed by atoms with Gasteiger partial charge in [-0.05, 0) is 54.8 Å². The molecule has 0 spiro atoms. The minimum absolute atomic E-state index is 0.152. The Morgan fingerprint density at radius 2 is 2.05 bits per heavy atom. The number of carbonyl (C=O) groups is 1. The Hall–Kier alpha value is -0.390. The summed E-state index contributed by atoms with van der Waals surface area (Å²) in [5.41, 5.74) is 0. The van der Waals surface area contributed by atoms with Crippen LogP contribution in [-0.4, -0.2) is 47.9 Å². The number of amides is 1. The summed E-state index contributed by atoms with van der Waals surface area (Å²) in [6.45, 7) is 6.65. The van der Waals surface area contributed by atoms with Crippen LogP contribution in [-0.2, 0) is 0 Å². The fourth-order valence-corrected chi connectivity index (χ4v) is 3.93. The molecule has 0 saturated carbocycles. The lowest BCUT2D eigenvalue weighted by atomic mass is 10.0. The van der Waals surface area contributed by atoms with Crippen LogP contribution in [0, 0.1) is 0 Å². The SMILES string of the molecule is CC(C)N1CCC(N(C)C(=O)c2ccc(Br)s2)CC1. The van der Waals surface area contributed by atoms with E-state index in [-0.39, 0.29) is 5.91 Å². The van der Waals surface area contributed by atoms with Crippen molar-refractivity contribution in [1.82, 2.24) is 9.80 Å². The van der Waals surface area contributed by atoms with Gasteiger partial charge in [-0.1, -0.05) is 0 Å². The first-order chi connectivity index (χ1) is 8.99. The molecule has 0 atom stereocenters. The fraction of sp³-hybridized carbons (Fsp3) is 0.643. The van der Waals surface area contributed by atoms with E-state index >= 15 is 0 Å². The zero-order chi connectivity index (χ0) is 14.0. The molecule has 1 fully saturated rings. The number of halogens is 1. The minimum atomic E-state index is 0.152. The summed E-state index contributed by atoms with van der Waals surface area (Å²) in [7, 11) is 1.94. The van der Waals surface area contributed by atoms with Gasteiger partial charge in [-0.15, -0.1) is 11.3 Å². The molecule has 1 aromatic heterocycles. The van der Waals surface area contributed by atoms with Crippen LogP contribution in [0.2, 0.25) is 0 Å². The van der Waals surface area contributed by atoms with Crippen LogP contribution in [0.5, 0.6) is 0 Å². The Kier molecular flexibility index (Phi) is 5.03. The van der Waals surface area contributed by atoms with Crippen LogP contribution < -0.4 is 0 Å². The van der Waals surface area contributed by atoms with E-state index in [1.165, 1.54) is 11.3 Å². The van der Waals surface area contributed by atoms with Crippen LogP contribution in [0.4, 0.5) is 0 Å². The molecule has 106 valence electrons. The molecule has 1 aromatic rings. The maximum Gasteiger partial charge on any atom is 0.263 e. The molecule has 0 aliphatic carbocycles. The predicted octanol–water partition coefficient (Wildman–Crippen LogP) is 3.46. The maximum atomic E-state index is 12.4. The molecule has 1 aliphatic heterocycles. The van der Waals surface area contributed by atoms with Crippen LogP contribution in [0.1, 0.15) is 36.4 Å². The summed E-state index contributed by atoms with van der Waals surface area (Å²) >= 11 is 4.92. The van der Waals surface area contributed by atoms with Crippen molar-refractivity contribution in [3.05, 3.63) is 20.8 Å². The van der Waals surface area contributed by atoms with Gasteiger partial charge in [-0.25, -0.2) is 0 Å². The quantitative estimate of drug-likeness (QED) is 0.838. The topological polar surface area (TPSA) is 23.6 Å². The van der Waals surface area contributed by atoms with Crippen molar-refractivity contribution >= 4 is 33.2 Å². The molecule has 0 unspecified atom stereocenters. The number of hydrogen-bond donors (Lipinski definition) is 0. The summed E-state index contributed by atoms with van der Waals surface area (Å²) in [6, 6.07) is 4.82. The third-order valence-corrected chi connectivity index (χ3v) is 5.49. The van der Waals surface area contributed by atoms with Gasteiger partial charge in [0.25, 0.3) is 5.91 Å². The summed E-state index contributed by atoms with van der Waals surface area (Å²) in [6.07, 6.45) is 2.15. The smallest absolute Gasteiger partial charge is 0.263 e. The van der Waals surface area contributed by atoms with Crippen molar-refractivity contribution in [3.8, 4) is 0 Å². The highest BCUT2D eigenvalue weighted by Crippen LogP contribution is 2.25. The van der Waals surface area contributed by atoms with Crippen molar-refractivity contribution in [1.29, 1.82) is 0 Å². The highest BCUT2D eigenvalue weighted by molar-refractivity contribution is 9.11. The number of likely N-dealkylation sites (tertiary alicyclic amines) is 1. The molecule has 5 heteroatoms. The maximum absolute atomic E-state index is 12.4. The first-order valence-corrected chi connectivity index (χ1v) is 8.36. The second-order valence-corrected chi connectivity index (χ2v) is 7.84. The van der Waals surface area contributed by atoms with Crippen molar-refractivity contribution in [2.45, 2.75) is 38.8 Å². The number of carbonyl (C=O) groups excluding carboxylic acids is 1. The lowest BCUT2D eigenvalue weighted by Gasteiger charge is -2.38. The van der Waals surface area contributed by atoms with E-state index in [0.29, 0.717) is 12.1 Å². The number of rotatable bonds is 3. The number of hydrogen-bond acceptors (Lipinski definition) is 3. The normalized spacial score (nSPS) is 17.9. The number of thiophene rings is 1. The van der Waals surface area contributed by atoms with Gasteiger partial charge in [0.2, 0.25) is 0 Å². The van der Waals surface area contributed by atoms with E-state index in [2.05, 4.69) is 34.7 Å². The van der Waals surface area contributed by atoms with E-state index in [1.54, 1.807) is 0 Å². The van der Waals surface area contributed by atoms with Crippen molar-refractivity contribution in [2.24, 2.45) is 0 Å². The molecule has 1 saturated heterocycles. The van der Waals surface area contributed by atoms with Gasteiger partial charge >= 0.3 is 0 Å². The Morgan fingerprint density at radius 1 is 1.42 bits per heavy atom. The summed E-state index contributed by atoms with van der Waals surface area (Å²) in [4.78, 5) is 17.6. The second kappa shape index (κ2) is 6.37. The van der Waals surface area contributed by atoms with Crippen molar-refractivity contribution in [2.75, 3.05) is 20.1 Å². The van der Waals surface area contributed by atoms with Gasteiger partial charge in [-0.3, -0.25) is 4.79 Å². The van der Waals surface area contributed by atoms with E-state index in [4.69, 9.17) is 0 Å². The van der Waals surface area contributed by atoms with E-state index in [1.807, 2.05) is 24.1 Å². The van der Waals surface area contributed by atoms with Gasteiger partial charge in [0.1, 0.15) is 0 Å². The van der Waals surface area contributed by atoms with Crippen molar-refractivity contribution in [3.63, 3.8) is 0 Å². The third kappa shape index (κ3) is 3.58. The Bertz CT molecular complexity index is 438. The van der Waals surface area contributed by atoms with Gasteiger partial charge in [0.05, 0.1) is 8.66 Å². The summed E-state index contributed by atoms with van der Waals surface area (Å²) in [5.74, 6) is 0.152. The molecule has 1 amide bonds. The Morgan fingerprint density at radius 3 is 2.53 bits per heavy atom.